The van der Waals surface area contributed by atoms with Gasteiger partial charge < -0.3 is 20.1 Å². The lowest BCUT2D eigenvalue weighted by Crippen LogP contribution is -2.45. The van der Waals surface area contributed by atoms with E-state index >= 15 is 0 Å². The van der Waals surface area contributed by atoms with Crippen molar-refractivity contribution >= 4 is 29.7 Å². The lowest BCUT2D eigenvalue weighted by molar-refractivity contribution is -0.144. The van der Waals surface area contributed by atoms with Gasteiger partial charge in [-0.15, -0.1) is 11.8 Å². The molecule has 2 amide bonds. The van der Waals surface area contributed by atoms with Gasteiger partial charge in [0.1, 0.15) is 12.6 Å². The van der Waals surface area contributed by atoms with Crippen LogP contribution in [0.1, 0.15) is 28.7 Å². The first kappa shape index (κ1) is 30.4. The molecule has 0 fully saturated rings. The molecule has 1 unspecified atom stereocenters. The van der Waals surface area contributed by atoms with Crippen LogP contribution in [-0.4, -0.2) is 43.4 Å². The molecule has 0 saturated heterocycles. The fraction of sp³-hybridized carbons (Fsp3) is 0.206. The van der Waals surface area contributed by atoms with Gasteiger partial charge in [-0.3, -0.25) is 4.79 Å². The van der Waals surface area contributed by atoms with Crippen molar-refractivity contribution in [1.29, 1.82) is 0 Å². The number of hydrogen-bond donors (Lipinski definition) is 2. The van der Waals surface area contributed by atoms with Crippen molar-refractivity contribution in [1.82, 2.24) is 10.6 Å². The van der Waals surface area contributed by atoms with E-state index in [4.69, 9.17) is 9.47 Å². The molecule has 0 saturated carbocycles. The van der Waals surface area contributed by atoms with Crippen LogP contribution in [0.15, 0.2) is 121 Å². The number of carbonyl (C=O) groups is 3. The quantitative estimate of drug-likeness (QED) is 0.156. The van der Waals surface area contributed by atoms with Crippen molar-refractivity contribution in [3.63, 3.8) is 0 Å². The van der Waals surface area contributed by atoms with E-state index in [2.05, 4.69) is 47.0 Å². The van der Waals surface area contributed by atoms with Gasteiger partial charge in [-0.25, -0.2) is 9.59 Å². The van der Waals surface area contributed by atoms with E-state index in [0.717, 1.165) is 22.3 Å². The van der Waals surface area contributed by atoms with Crippen molar-refractivity contribution in [3.8, 4) is 0 Å². The first-order chi connectivity index (χ1) is 20.5. The molecule has 42 heavy (non-hydrogen) atoms. The van der Waals surface area contributed by atoms with Gasteiger partial charge in [-0.1, -0.05) is 121 Å². The largest absolute Gasteiger partial charge is 0.467 e. The number of ether oxygens (including phenoxy) is 2. The molecule has 0 radical (unpaired) electrons. The van der Waals surface area contributed by atoms with Crippen LogP contribution >= 0.6 is 11.8 Å². The Morgan fingerprint density at radius 2 is 1.21 bits per heavy atom. The van der Waals surface area contributed by atoms with Crippen molar-refractivity contribution < 1.29 is 23.9 Å². The molecule has 0 spiro atoms. The van der Waals surface area contributed by atoms with E-state index in [9.17, 15) is 14.4 Å². The fourth-order valence-electron chi connectivity index (χ4n) is 4.61. The van der Waals surface area contributed by atoms with E-state index in [0.29, 0.717) is 0 Å². The van der Waals surface area contributed by atoms with Crippen molar-refractivity contribution in [2.45, 2.75) is 23.8 Å². The summed E-state index contributed by atoms with van der Waals surface area (Å²) in [5, 5.41) is 5.38. The molecule has 2 N–H and O–H groups in total. The van der Waals surface area contributed by atoms with Crippen LogP contribution in [0.25, 0.3) is 0 Å². The van der Waals surface area contributed by atoms with Crippen LogP contribution in [0, 0.1) is 0 Å². The Morgan fingerprint density at radius 1 is 0.738 bits per heavy atom. The van der Waals surface area contributed by atoms with Crippen LogP contribution in [0.3, 0.4) is 0 Å². The summed E-state index contributed by atoms with van der Waals surface area (Å²) in [7, 11) is 1.30. The monoisotopic (exact) mass is 582 g/mol. The Kier molecular flexibility index (Phi) is 11.2. The van der Waals surface area contributed by atoms with E-state index in [-0.39, 0.29) is 31.2 Å². The number of rotatable bonds is 13. The molecule has 0 aromatic heterocycles. The Balaban J connectivity index is 1.46. The van der Waals surface area contributed by atoms with E-state index in [1.807, 2.05) is 84.9 Å². The van der Waals surface area contributed by atoms with Crippen molar-refractivity contribution in [2.24, 2.45) is 0 Å². The van der Waals surface area contributed by atoms with Gasteiger partial charge in [0.15, 0.2) is 0 Å². The molecule has 0 heterocycles. The molecule has 4 rings (SSSR count). The van der Waals surface area contributed by atoms with Gasteiger partial charge in [0.25, 0.3) is 0 Å². The third-order valence-corrected chi connectivity index (χ3v) is 8.30. The summed E-state index contributed by atoms with van der Waals surface area (Å²) in [5.41, 5.74) is 3.99. The zero-order chi connectivity index (χ0) is 29.6. The second-order valence-electron chi connectivity index (χ2n) is 9.47. The number of carbonyl (C=O) groups excluding carboxylic acids is 3. The molecule has 8 heteroatoms. The van der Waals surface area contributed by atoms with E-state index in [1.165, 1.54) is 7.11 Å². The zero-order valence-corrected chi connectivity index (χ0v) is 24.2. The SMILES string of the molecule is COC(=O)C(CSC(c1ccccc1)(c1ccccc1)c1ccccc1)NC(=O)CCNC(=O)OCc1ccccc1. The Bertz CT molecular complexity index is 1320. The van der Waals surface area contributed by atoms with Gasteiger partial charge in [-0.05, 0) is 22.3 Å². The number of methoxy groups -OCH3 is 1. The number of esters is 1. The second-order valence-corrected chi connectivity index (χ2v) is 10.7. The molecule has 4 aromatic rings. The summed E-state index contributed by atoms with van der Waals surface area (Å²) < 4.78 is 9.58. The van der Waals surface area contributed by atoms with Crippen LogP contribution in [0.2, 0.25) is 0 Å². The topological polar surface area (TPSA) is 93.7 Å². The smallest absolute Gasteiger partial charge is 0.407 e. The average Bonchev–Trinajstić information content (AvgIpc) is 3.05. The highest BCUT2D eigenvalue weighted by Crippen LogP contribution is 2.48. The highest BCUT2D eigenvalue weighted by Gasteiger charge is 2.38. The Labute approximate surface area is 250 Å². The number of alkyl carbamates (subject to hydrolysis) is 1. The molecule has 4 aromatic carbocycles. The van der Waals surface area contributed by atoms with Gasteiger partial charge in [0.2, 0.25) is 5.91 Å². The average molecular weight is 583 g/mol. The van der Waals surface area contributed by atoms with Crippen LogP contribution in [-0.2, 0) is 30.4 Å². The maximum Gasteiger partial charge on any atom is 0.407 e. The van der Waals surface area contributed by atoms with Crippen LogP contribution < -0.4 is 10.6 Å². The molecule has 0 aliphatic heterocycles. The molecule has 0 aliphatic rings. The van der Waals surface area contributed by atoms with Gasteiger partial charge >= 0.3 is 12.1 Å². The Hall–Kier alpha value is -4.56. The first-order valence-corrected chi connectivity index (χ1v) is 14.6. The number of nitrogens with one attached hydrogen (secondary N) is 2. The fourth-order valence-corrected chi connectivity index (χ4v) is 6.15. The number of amides is 2. The Morgan fingerprint density at radius 3 is 1.69 bits per heavy atom. The van der Waals surface area contributed by atoms with E-state index < -0.39 is 22.9 Å². The zero-order valence-electron chi connectivity index (χ0n) is 23.4. The minimum Gasteiger partial charge on any atom is -0.467 e. The molecule has 1 atom stereocenters. The lowest BCUT2D eigenvalue weighted by Gasteiger charge is -2.36. The number of thioether (sulfide) groups is 1. The summed E-state index contributed by atoms with van der Waals surface area (Å²) in [4.78, 5) is 37.7. The van der Waals surface area contributed by atoms with Crippen LogP contribution in [0.4, 0.5) is 4.79 Å². The molecule has 7 nitrogen and oxygen atoms in total. The minimum absolute atomic E-state index is 0.0280. The van der Waals surface area contributed by atoms with Crippen molar-refractivity contribution in [2.75, 3.05) is 19.4 Å². The number of hydrogen-bond acceptors (Lipinski definition) is 6. The standard InChI is InChI=1S/C34H34N2O5S/c1-40-32(38)30(36-31(37)22-23-35-33(39)41-24-26-14-6-2-7-15-26)25-42-34(27-16-8-3-9-17-27,28-18-10-4-11-19-28)29-20-12-5-13-21-29/h2-21,30H,22-25H2,1H3,(H,35,39)(H,36,37). The summed E-state index contributed by atoms with van der Waals surface area (Å²) in [5.74, 6) is -0.697. The van der Waals surface area contributed by atoms with Gasteiger partial charge in [-0.2, -0.15) is 0 Å². The predicted octanol–water partition coefficient (Wildman–Crippen LogP) is 5.69. The summed E-state index contributed by atoms with van der Waals surface area (Å²) in [6, 6.07) is 38.7. The predicted molar refractivity (Wildman–Crippen MR) is 165 cm³/mol. The minimum atomic E-state index is -0.909. The molecule has 0 aliphatic carbocycles. The summed E-state index contributed by atoms with van der Waals surface area (Å²) in [6.45, 7) is 0.189. The normalized spacial score (nSPS) is 11.6. The molecular weight excluding hydrogens is 548 g/mol. The molecular formula is C34H34N2O5S. The summed E-state index contributed by atoms with van der Waals surface area (Å²) in [6.07, 6.45) is -0.648. The highest BCUT2D eigenvalue weighted by molar-refractivity contribution is 8.00. The highest BCUT2D eigenvalue weighted by atomic mass is 32.2. The maximum atomic E-state index is 12.8. The van der Waals surface area contributed by atoms with E-state index in [1.54, 1.807) is 11.8 Å². The molecule has 216 valence electrons. The third-order valence-electron chi connectivity index (χ3n) is 6.66. The summed E-state index contributed by atoms with van der Waals surface area (Å²) >= 11 is 1.55. The van der Waals surface area contributed by atoms with Crippen LogP contribution in [0.5, 0.6) is 0 Å². The number of benzene rings is 4. The van der Waals surface area contributed by atoms with Gasteiger partial charge in [0, 0.05) is 18.7 Å². The van der Waals surface area contributed by atoms with Gasteiger partial charge in [0.05, 0.1) is 11.9 Å². The lowest BCUT2D eigenvalue weighted by atomic mass is 9.84. The third kappa shape index (κ3) is 8.01. The first-order valence-electron chi connectivity index (χ1n) is 13.6. The molecule has 0 bridgehead atoms. The maximum absolute atomic E-state index is 12.8. The van der Waals surface area contributed by atoms with Crippen molar-refractivity contribution in [3.05, 3.63) is 144 Å². The second kappa shape index (κ2) is 15.4.